The van der Waals surface area contributed by atoms with Crippen LogP contribution in [0, 0.1) is 21.8 Å². The number of hydrogen-bond donors (Lipinski definition) is 1. The van der Waals surface area contributed by atoms with Gasteiger partial charge in [-0.3, -0.25) is 10.1 Å². The summed E-state index contributed by atoms with van der Waals surface area (Å²) in [7, 11) is 0. The number of hydrogen-bond acceptors (Lipinski definition) is 3. The number of rotatable bonds is 2. The van der Waals surface area contributed by atoms with Gasteiger partial charge in [0.15, 0.2) is 0 Å². The Kier molecular flexibility index (Phi) is 4.16. The van der Waals surface area contributed by atoms with Crippen LogP contribution in [0.4, 0.5) is 20.6 Å². The van der Waals surface area contributed by atoms with Gasteiger partial charge in [-0.1, -0.05) is 6.92 Å². The monoisotopic (exact) mass is 281 g/mol. The zero-order valence-electron chi connectivity index (χ0n) is 11.1. The molecule has 1 heterocycles. The molecule has 20 heavy (non-hydrogen) atoms. The number of nitrogens with one attached hydrogen (secondary N) is 1. The van der Waals surface area contributed by atoms with Crippen molar-refractivity contribution in [2.24, 2.45) is 5.92 Å². The topological polar surface area (TPSA) is 75.5 Å². The molecule has 0 spiro atoms. The van der Waals surface area contributed by atoms with Crippen molar-refractivity contribution in [1.82, 2.24) is 4.90 Å². The molecule has 1 aliphatic rings. The molecule has 1 unspecified atom stereocenters. The van der Waals surface area contributed by atoms with Gasteiger partial charge in [0, 0.05) is 24.8 Å². The third-order valence-electron chi connectivity index (χ3n) is 3.34. The van der Waals surface area contributed by atoms with Crippen LogP contribution in [-0.2, 0) is 0 Å². The number of carbonyl (C=O) groups excluding carboxylic acids is 1. The van der Waals surface area contributed by atoms with Gasteiger partial charge in [-0.05, 0) is 30.9 Å². The molecular weight excluding hydrogens is 265 g/mol. The molecule has 0 aromatic heterocycles. The quantitative estimate of drug-likeness (QED) is 0.668. The predicted octanol–water partition coefficient (Wildman–Crippen LogP) is 3.00. The summed E-state index contributed by atoms with van der Waals surface area (Å²) >= 11 is 0. The van der Waals surface area contributed by atoms with E-state index in [0.717, 1.165) is 25.0 Å². The zero-order chi connectivity index (χ0) is 14.7. The van der Waals surface area contributed by atoms with Gasteiger partial charge in [0.1, 0.15) is 0 Å². The van der Waals surface area contributed by atoms with Crippen LogP contribution < -0.4 is 5.32 Å². The lowest BCUT2D eigenvalue weighted by Gasteiger charge is -2.30. The van der Waals surface area contributed by atoms with Crippen molar-refractivity contribution in [1.29, 1.82) is 0 Å². The van der Waals surface area contributed by atoms with Gasteiger partial charge in [-0.15, -0.1) is 0 Å². The third kappa shape index (κ3) is 3.23. The molecule has 1 fully saturated rings. The van der Waals surface area contributed by atoms with Crippen molar-refractivity contribution >= 4 is 17.4 Å². The van der Waals surface area contributed by atoms with Gasteiger partial charge in [0.05, 0.1) is 4.92 Å². The number of amides is 2. The smallest absolute Gasteiger partial charge is 0.321 e. The van der Waals surface area contributed by atoms with Gasteiger partial charge in [0.25, 0.3) is 0 Å². The molecule has 1 saturated heterocycles. The maximum atomic E-state index is 13.2. The van der Waals surface area contributed by atoms with Crippen LogP contribution in [0.1, 0.15) is 19.8 Å². The third-order valence-corrected chi connectivity index (χ3v) is 3.34. The molecule has 0 aliphatic carbocycles. The average Bonchev–Trinajstić information content (AvgIpc) is 2.40. The predicted molar refractivity (Wildman–Crippen MR) is 72.0 cm³/mol. The SMILES string of the molecule is CC1CCCN(C(=O)Nc2ccc(F)c([N+](=O)[O-])c2)C1. The fourth-order valence-electron chi connectivity index (χ4n) is 2.31. The fraction of sp³-hybridized carbons (Fsp3) is 0.462. The van der Waals surface area contributed by atoms with Crippen molar-refractivity contribution in [3.63, 3.8) is 0 Å². The lowest BCUT2D eigenvalue weighted by atomic mass is 10.0. The summed E-state index contributed by atoms with van der Waals surface area (Å²) in [6.45, 7) is 3.40. The molecule has 2 rings (SSSR count). The van der Waals surface area contributed by atoms with Crippen LogP contribution >= 0.6 is 0 Å². The summed E-state index contributed by atoms with van der Waals surface area (Å²) in [6, 6.07) is 3.01. The summed E-state index contributed by atoms with van der Waals surface area (Å²) in [5.41, 5.74) is -0.420. The van der Waals surface area contributed by atoms with Crippen molar-refractivity contribution in [3.8, 4) is 0 Å². The Labute approximate surface area is 115 Å². The molecule has 1 atom stereocenters. The standard InChI is InChI=1S/C13H16FN3O3/c1-9-3-2-6-16(8-9)13(18)15-10-4-5-11(14)12(7-10)17(19)20/h4-5,7,9H,2-3,6,8H2,1H3,(H,15,18). The number of halogens is 1. The minimum atomic E-state index is -0.917. The molecule has 0 radical (unpaired) electrons. The summed E-state index contributed by atoms with van der Waals surface area (Å²) < 4.78 is 13.2. The van der Waals surface area contributed by atoms with Crippen molar-refractivity contribution < 1.29 is 14.1 Å². The first-order valence-corrected chi connectivity index (χ1v) is 6.47. The van der Waals surface area contributed by atoms with Gasteiger partial charge < -0.3 is 10.2 Å². The molecule has 6 nitrogen and oxygen atoms in total. The number of nitro groups is 1. The number of carbonyl (C=O) groups is 1. The Hall–Kier alpha value is -2.18. The Bertz CT molecular complexity index is 536. The van der Waals surface area contributed by atoms with Gasteiger partial charge >= 0.3 is 11.7 Å². The van der Waals surface area contributed by atoms with E-state index >= 15 is 0 Å². The Balaban J connectivity index is 2.07. The van der Waals surface area contributed by atoms with E-state index in [4.69, 9.17) is 0 Å². The highest BCUT2D eigenvalue weighted by Gasteiger charge is 2.22. The number of urea groups is 1. The second-order valence-electron chi connectivity index (χ2n) is 5.05. The number of nitrogens with zero attached hydrogens (tertiary/aromatic N) is 2. The summed E-state index contributed by atoms with van der Waals surface area (Å²) in [5, 5.41) is 13.2. The van der Waals surface area contributed by atoms with E-state index in [1.807, 2.05) is 0 Å². The van der Waals surface area contributed by atoms with Crippen LogP contribution in [-0.4, -0.2) is 28.9 Å². The Morgan fingerprint density at radius 3 is 2.95 bits per heavy atom. The minimum Gasteiger partial charge on any atom is -0.324 e. The highest BCUT2D eigenvalue weighted by Crippen LogP contribution is 2.22. The second-order valence-corrected chi connectivity index (χ2v) is 5.05. The summed E-state index contributed by atoms with van der Waals surface area (Å²) in [4.78, 5) is 23.5. The van der Waals surface area contributed by atoms with E-state index in [1.54, 1.807) is 4.90 Å². The molecule has 0 saturated carbocycles. The molecule has 1 aliphatic heterocycles. The maximum absolute atomic E-state index is 13.2. The largest absolute Gasteiger partial charge is 0.324 e. The van der Waals surface area contributed by atoms with E-state index in [2.05, 4.69) is 12.2 Å². The van der Waals surface area contributed by atoms with E-state index in [1.165, 1.54) is 6.07 Å². The van der Waals surface area contributed by atoms with Crippen molar-refractivity contribution in [2.75, 3.05) is 18.4 Å². The summed E-state index contributed by atoms with van der Waals surface area (Å²) in [6.07, 6.45) is 2.03. The highest BCUT2D eigenvalue weighted by molar-refractivity contribution is 5.89. The van der Waals surface area contributed by atoms with Crippen molar-refractivity contribution in [3.05, 3.63) is 34.1 Å². The Morgan fingerprint density at radius 2 is 2.30 bits per heavy atom. The van der Waals surface area contributed by atoms with E-state index < -0.39 is 16.4 Å². The molecule has 0 bridgehead atoms. The molecule has 1 N–H and O–H groups in total. The van der Waals surface area contributed by atoms with Crippen LogP contribution in [0.2, 0.25) is 0 Å². The Morgan fingerprint density at radius 1 is 1.55 bits per heavy atom. The van der Waals surface area contributed by atoms with Gasteiger partial charge in [-0.2, -0.15) is 4.39 Å². The van der Waals surface area contributed by atoms with Gasteiger partial charge in [-0.25, -0.2) is 4.79 Å². The number of nitro benzene ring substituents is 1. The van der Waals surface area contributed by atoms with E-state index in [-0.39, 0.29) is 11.7 Å². The fourth-order valence-corrected chi connectivity index (χ4v) is 2.31. The zero-order valence-corrected chi connectivity index (χ0v) is 11.1. The normalized spacial score (nSPS) is 18.7. The number of piperidine rings is 1. The molecule has 7 heteroatoms. The first-order valence-electron chi connectivity index (χ1n) is 6.47. The number of likely N-dealkylation sites (tertiary alicyclic amines) is 1. The van der Waals surface area contributed by atoms with Gasteiger partial charge in [0.2, 0.25) is 5.82 Å². The first-order chi connectivity index (χ1) is 9.47. The number of benzene rings is 1. The molecule has 108 valence electrons. The van der Waals surface area contributed by atoms with Crippen molar-refractivity contribution in [2.45, 2.75) is 19.8 Å². The average molecular weight is 281 g/mol. The van der Waals surface area contributed by atoms with E-state index in [9.17, 15) is 19.3 Å². The second kappa shape index (κ2) is 5.85. The summed E-state index contributed by atoms with van der Waals surface area (Å²) in [5.74, 6) is -0.475. The maximum Gasteiger partial charge on any atom is 0.321 e. The molecular formula is C13H16FN3O3. The highest BCUT2D eigenvalue weighted by atomic mass is 19.1. The van der Waals surface area contributed by atoms with Crippen LogP contribution in [0.15, 0.2) is 18.2 Å². The lowest BCUT2D eigenvalue weighted by molar-refractivity contribution is -0.387. The number of anilines is 1. The van der Waals surface area contributed by atoms with Crippen LogP contribution in [0.3, 0.4) is 0 Å². The van der Waals surface area contributed by atoms with Crippen LogP contribution in [0.25, 0.3) is 0 Å². The minimum absolute atomic E-state index is 0.223. The van der Waals surface area contributed by atoms with E-state index in [0.29, 0.717) is 19.0 Å². The molecule has 2 amide bonds. The first kappa shape index (κ1) is 14.2. The molecule has 1 aromatic carbocycles. The molecule has 1 aromatic rings. The van der Waals surface area contributed by atoms with Crippen LogP contribution in [0.5, 0.6) is 0 Å². The lowest BCUT2D eigenvalue weighted by Crippen LogP contribution is -2.41.